The van der Waals surface area contributed by atoms with Crippen LogP contribution in [0.1, 0.15) is 22.8 Å². The number of hydrogen-bond donors (Lipinski definition) is 3. The Hall–Kier alpha value is -4.68. The van der Waals surface area contributed by atoms with Crippen LogP contribution in [0.4, 0.5) is 33.3 Å². The van der Waals surface area contributed by atoms with E-state index in [9.17, 15) is 36.3 Å². The molecular formula is C31H21ClF5N3O3S. The molecule has 3 N–H and O–H groups in total. The van der Waals surface area contributed by atoms with Crippen LogP contribution in [0.25, 0.3) is 6.08 Å². The molecule has 1 atom stereocenters. The molecule has 13 heteroatoms. The molecule has 44 heavy (non-hydrogen) atoms. The van der Waals surface area contributed by atoms with Gasteiger partial charge in [0.05, 0.1) is 10.3 Å². The Balaban J connectivity index is 1.47. The first-order valence-electron chi connectivity index (χ1n) is 12.7. The summed E-state index contributed by atoms with van der Waals surface area (Å²) in [6, 6.07) is 18.0. The van der Waals surface area contributed by atoms with Crippen LogP contribution in [0.3, 0.4) is 0 Å². The smallest absolute Gasteiger partial charge is 0.272 e. The van der Waals surface area contributed by atoms with E-state index in [-0.39, 0.29) is 33.6 Å². The van der Waals surface area contributed by atoms with E-state index in [1.165, 1.54) is 55.5 Å². The number of carbonyl (C=O) groups excluding carboxylic acids is 3. The molecule has 0 fully saturated rings. The number of halogens is 6. The largest absolute Gasteiger partial charge is 0.321 e. The van der Waals surface area contributed by atoms with Gasteiger partial charge in [0.15, 0.2) is 23.3 Å². The molecule has 4 rings (SSSR count). The van der Waals surface area contributed by atoms with E-state index in [0.29, 0.717) is 4.90 Å². The zero-order valence-corrected chi connectivity index (χ0v) is 24.1. The zero-order chi connectivity index (χ0) is 32.0. The Bertz CT molecular complexity index is 1710. The SMILES string of the molecule is CC(Sc1ccc(NC(=O)/C(=C/c2c(F)cccc2Cl)NC(=O)c2ccccc2)cc1)C(=O)Nc1c(F)c(F)cc(F)c1F. The first-order chi connectivity index (χ1) is 20.9. The number of thioether (sulfide) groups is 1. The van der Waals surface area contributed by atoms with Crippen LogP contribution in [-0.2, 0) is 9.59 Å². The Morgan fingerprint density at radius 3 is 2.05 bits per heavy atom. The molecule has 4 aromatic rings. The standard InChI is InChI=1S/C31H21ClF5N3O3S/c1-16(29(41)40-28-26(36)23(34)15-24(35)27(28)37)44-19-12-10-18(11-13-19)38-31(43)25(14-20-21(32)8-5-9-22(20)33)39-30(42)17-6-3-2-4-7-17/h2-16H,1H3,(H,38,43)(H,39,42)(H,40,41)/b25-14-. The van der Waals surface area contributed by atoms with Gasteiger partial charge in [0.1, 0.15) is 17.2 Å². The van der Waals surface area contributed by atoms with E-state index < -0.39 is 57.7 Å². The second kappa shape index (κ2) is 14.2. The maximum absolute atomic E-state index is 14.5. The third kappa shape index (κ3) is 7.82. The van der Waals surface area contributed by atoms with Crippen molar-refractivity contribution in [3.63, 3.8) is 0 Å². The zero-order valence-electron chi connectivity index (χ0n) is 22.6. The lowest BCUT2D eigenvalue weighted by Gasteiger charge is -2.14. The fourth-order valence-corrected chi connectivity index (χ4v) is 4.80. The van der Waals surface area contributed by atoms with Crippen molar-refractivity contribution in [2.75, 3.05) is 10.6 Å². The fraction of sp³-hybridized carbons (Fsp3) is 0.0645. The van der Waals surface area contributed by atoms with Crippen LogP contribution in [0.5, 0.6) is 0 Å². The number of rotatable bonds is 9. The maximum atomic E-state index is 14.5. The van der Waals surface area contributed by atoms with Crippen molar-refractivity contribution in [1.29, 1.82) is 0 Å². The highest BCUT2D eigenvalue weighted by molar-refractivity contribution is 8.00. The Morgan fingerprint density at radius 2 is 1.43 bits per heavy atom. The average molecular weight is 646 g/mol. The lowest BCUT2D eigenvalue weighted by molar-refractivity contribution is -0.115. The van der Waals surface area contributed by atoms with Gasteiger partial charge < -0.3 is 16.0 Å². The molecule has 0 bridgehead atoms. The second-order valence-corrected chi connectivity index (χ2v) is 10.9. The van der Waals surface area contributed by atoms with E-state index in [2.05, 4.69) is 10.6 Å². The lowest BCUT2D eigenvalue weighted by Crippen LogP contribution is -2.30. The van der Waals surface area contributed by atoms with Gasteiger partial charge >= 0.3 is 0 Å². The van der Waals surface area contributed by atoms with Gasteiger partial charge in [-0.3, -0.25) is 14.4 Å². The summed E-state index contributed by atoms with van der Waals surface area (Å²) in [6.45, 7) is 1.40. The van der Waals surface area contributed by atoms with Crippen molar-refractivity contribution < 1.29 is 36.3 Å². The van der Waals surface area contributed by atoms with Crippen LogP contribution in [0.15, 0.2) is 89.5 Å². The maximum Gasteiger partial charge on any atom is 0.272 e. The highest BCUT2D eigenvalue weighted by Crippen LogP contribution is 2.29. The van der Waals surface area contributed by atoms with E-state index in [1.807, 2.05) is 5.32 Å². The first-order valence-corrected chi connectivity index (χ1v) is 13.9. The second-order valence-electron chi connectivity index (χ2n) is 9.08. The molecule has 0 aliphatic heterocycles. The molecule has 0 saturated carbocycles. The number of anilines is 2. The number of nitrogens with one attached hydrogen (secondary N) is 3. The van der Waals surface area contributed by atoms with Crippen molar-refractivity contribution in [2.45, 2.75) is 17.1 Å². The van der Waals surface area contributed by atoms with E-state index in [0.717, 1.165) is 23.9 Å². The van der Waals surface area contributed by atoms with Gasteiger partial charge in [-0.1, -0.05) is 35.9 Å². The molecule has 4 aromatic carbocycles. The van der Waals surface area contributed by atoms with Crippen molar-refractivity contribution in [2.24, 2.45) is 0 Å². The summed E-state index contributed by atoms with van der Waals surface area (Å²) in [6.07, 6.45) is 1.11. The fourth-order valence-electron chi connectivity index (χ4n) is 3.72. The first kappa shape index (κ1) is 32.2. The van der Waals surface area contributed by atoms with Crippen molar-refractivity contribution in [3.05, 3.63) is 130 Å². The number of hydrogen-bond acceptors (Lipinski definition) is 4. The Labute approximate surface area is 257 Å². The molecule has 1 unspecified atom stereocenters. The third-order valence-corrected chi connectivity index (χ3v) is 7.41. The van der Waals surface area contributed by atoms with Gasteiger partial charge in [0.2, 0.25) is 5.91 Å². The Kier molecular flexibility index (Phi) is 10.4. The van der Waals surface area contributed by atoms with Gasteiger partial charge in [0.25, 0.3) is 11.8 Å². The normalized spacial score (nSPS) is 11.9. The summed E-state index contributed by atoms with van der Waals surface area (Å²) in [5.41, 5.74) is -1.15. The molecule has 0 spiro atoms. The van der Waals surface area contributed by atoms with Gasteiger partial charge in [-0.15, -0.1) is 11.8 Å². The molecule has 0 heterocycles. The van der Waals surface area contributed by atoms with Gasteiger partial charge in [-0.25, -0.2) is 22.0 Å². The lowest BCUT2D eigenvalue weighted by atomic mass is 10.1. The number of amides is 3. The summed E-state index contributed by atoms with van der Waals surface area (Å²) in [7, 11) is 0. The highest BCUT2D eigenvalue weighted by Gasteiger charge is 2.24. The summed E-state index contributed by atoms with van der Waals surface area (Å²) in [4.78, 5) is 39.0. The molecule has 226 valence electrons. The predicted octanol–water partition coefficient (Wildman–Crippen LogP) is 7.56. The monoisotopic (exact) mass is 645 g/mol. The number of benzene rings is 4. The summed E-state index contributed by atoms with van der Waals surface area (Å²) in [5, 5.41) is 5.97. The van der Waals surface area contributed by atoms with E-state index in [1.54, 1.807) is 18.2 Å². The van der Waals surface area contributed by atoms with Gasteiger partial charge in [0, 0.05) is 27.8 Å². The van der Waals surface area contributed by atoms with Gasteiger partial charge in [-0.05, 0) is 61.5 Å². The van der Waals surface area contributed by atoms with Crippen LogP contribution < -0.4 is 16.0 Å². The third-order valence-electron chi connectivity index (χ3n) is 5.97. The van der Waals surface area contributed by atoms with E-state index >= 15 is 0 Å². The highest BCUT2D eigenvalue weighted by atomic mass is 35.5. The number of carbonyl (C=O) groups is 3. The quantitative estimate of drug-likeness (QED) is 0.0759. The van der Waals surface area contributed by atoms with Crippen molar-refractivity contribution >= 4 is 58.5 Å². The van der Waals surface area contributed by atoms with Gasteiger partial charge in [-0.2, -0.15) is 0 Å². The van der Waals surface area contributed by atoms with Crippen LogP contribution in [0.2, 0.25) is 5.02 Å². The van der Waals surface area contributed by atoms with E-state index in [4.69, 9.17) is 11.6 Å². The molecular weight excluding hydrogens is 625 g/mol. The molecule has 6 nitrogen and oxygen atoms in total. The minimum Gasteiger partial charge on any atom is -0.321 e. The van der Waals surface area contributed by atoms with Crippen molar-refractivity contribution in [3.8, 4) is 0 Å². The van der Waals surface area contributed by atoms with Crippen LogP contribution in [-0.4, -0.2) is 23.0 Å². The molecule has 3 amide bonds. The predicted molar refractivity (Wildman–Crippen MR) is 159 cm³/mol. The molecule has 0 radical (unpaired) electrons. The average Bonchev–Trinajstić information content (AvgIpc) is 3.00. The molecule has 0 aromatic heterocycles. The summed E-state index contributed by atoms with van der Waals surface area (Å²) in [5.74, 6) is -9.86. The van der Waals surface area contributed by atoms with Crippen LogP contribution >= 0.6 is 23.4 Å². The summed E-state index contributed by atoms with van der Waals surface area (Å²) < 4.78 is 69.3. The minimum absolute atomic E-state index is 0.0109. The van der Waals surface area contributed by atoms with Crippen LogP contribution in [0, 0.1) is 29.1 Å². The molecule has 0 aliphatic rings. The molecule has 0 saturated heterocycles. The minimum atomic E-state index is -1.74. The van der Waals surface area contributed by atoms with Crippen molar-refractivity contribution in [1.82, 2.24) is 5.32 Å². The molecule has 0 aliphatic carbocycles. The summed E-state index contributed by atoms with van der Waals surface area (Å²) >= 11 is 7.07. The Morgan fingerprint density at radius 1 is 0.795 bits per heavy atom. The topological polar surface area (TPSA) is 87.3 Å².